The monoisotopic (exact) mass is 241 g/mol. The number of ether oxygens (including phenoxy) is 1. The highest BCUT2D eigenvalue weighted by atomic mass is 35.5. The fraction of sp³-hybridized carbons (Fsp3) is 0.417. The van der Waals surface area contributed by atoms with Crippen LogP contribution in [0.4, 0.5) is 0 Å². The van der Waals surface area contributed by atoms with E-state index in [2.05, 4.69) is 5.32 Å². The van der Waals surface area contributed by atoms with Gasteiger partial charge in [0.25, 0.3) is 0 Å². The summed E-state index contributed by atoms with van der Waals surface area (Å²) in [5.74, 6) is 0.0389. The zero-order valence-electron chi connectivity index (χ0n) is 9.33. The Kier molecular flexibility index (Phi) is 5.90. The van der Waals surface area contributed by atoms with Crippen molar-refractivity contribution in [3.8, 4) is 0 Å². The molecule has 0 aliphatic carbocycles. The third-order valence-corrected chi connectivity index (χ3v) is 2.39. The van der Waals surface area contributed by atoms with Gasteiger partial charge in [0.15, 0.2) is 0 Å². The molecule has 0 saturated heterocycles. The Morgan fingerprint density at radius 1 is 1.50 bits per heavy atom. The standard InChI is InChI=1S/C12H16ClNO2/c1-16-8-7-14-12(15)6-5-10-3-2-4-11(13)9-10/h2-4,9H,5-8H2,1H3,(H,14,15). The molecule has 0 aliphatic heterocycles. The molecule has 0 saturated carbocycles. The molecule has 16 heavy (non-hydrogen) atoms. The number of amides is 1. The summed E-state index contributed by atoms with van der Waals surface area (Å²) in [5.41, 5.74) is 1.08. The molecule has 0 radical (unpaired) electrons. The number of carbonyl (C=O) groups is 1. The summed E-state index contributed by atoms with van der Waals surface area (Å²) in [6.45, 7) is 1.10. The van der Waals surface area contributed by atoms with Gasteiger partial charge in [0.05, 0.1) is 6.61 Å². The average molecular weight is 242 g/mol. The van der Waals surface area contributed by atoms with Crippen molar-refractivity contribution in [2.75, 3.05) is 20.3 Å². The van der Waals surface area contributed by atoms with Crippen LogP contribution in [0.3, 0.4) is 0 Å². The summed E-state index contributed by atoms with van der Waals surface area (Å²) in [5, 5.41) is 3.48. The van der Waals surface area contributed by atoms with E-state index in [-0.39, 0.29) is 5.91 Å². The highest BCUT2D eigenvalue weighted by Gasteiger charge is 2.01. The van der Waals surface area contributed by atoms with E-state index < -0.39 is 0 Å². The quantitative estimate of drug-likeness (QED) is 0.774. The highest BCUT2D eigenvalue weighted by Crippen LogP contribution is 2.11. The number of carbonyl (C=O) groups excluding carboxylic acids is 1. The molecule has 0 fully saturated rings. The lowest BCUT2D eigenvalue weighted by molar-refractivity contribution is -0.121. The van der Waals surface area contributed by atoms with Gasteiger partial charge in [0.1, 0.15) is 0 Å². The molecule has 1 rings (SSSR count). The molecule has 3 nitrogen and oxygen atoms in total. The van der Waals surface area contributed by atoms with Crippen molar-refractivity contribution in [2.45, 2.75) is 12.8 Å². The van der Waals surface area contributed by atoms with Crippen LogP contribution < -0.4 is 5.32 Å². The molecular formula is C12H16ClNO2. The predicted molar refractivity (Wildman–Crippen MR) is 64.7 cm³/mol. The van der Waals surface area contributed by atoms with Crippen molar-refractivity contribution in [1.82, 2.24) is 5.32 Å². The number of rotatable bonds is 6. The Morgan fingerprint density at radius 2 is 2.31 bits per heavy atom. The summed E-state index contributed by atoms with van der Waals surface area (Å²) in [6.07, 6.45) is 1.18. The number of hydrogen-bond acceptors (Lipinski definition) is 2. The van der Waals surface area contributed by atoms with Gasteiger partial charge in [-0.05, 0) is 24.1 Å². The first-order valence-corrected chi connectivity index (χ1v) is 5.60. The SMILES string of the molecule is COCCNC(=O)CCc1cccc(Cl)c1. The van der Waals surface area contributed by atoms with E-state index in [4.69, 9.17) is 16.3 Å². The second-order valence-corrected chi connectivity index (χ2v) is 3.91. The van der Waals surface area contributed by atoms with E-state index in [1.54, 1.807) is 7.11 Å². The van der Waals surface area contributed by atoms with Gasteiger partial charge in [-0.3, -0.25) is 4.79 Å². The maximum atomic E-state index is 11.4. The second kappa shape index (κ2) is 7.25. The lowest BCUT2D eigenvalue weighted by Crippen LogP contribution is -2.27. The van der Waals surface area contributed by atoms with Gasteiger partial charge in [0.2, 0.25) is 5.91 Å². The van der Waals surface area contributed by atoms with Gasteiger partial charge in [-0.1, -0.05) is 23.7 Å². The second-order valence-electron chi connectivity index (χ2n) is 3.47. The summed E-state index contributed by atoms with van der Waals surface area (Å²) < 4.78 is 4.84. The van der Waals surface area contributed by atoms with E-state index in [0.717, 1.165) is 5.56 Å². The van der Waals surface area contributed by atoms with Crippen LogP contribution in [-0.4, -0.2) is 26.2 Å². The molecule has 88 valence electrons. The smallest absolute Gasteiger partial charge is 0.220 e. The van der Waals surface area contributed by atoms with E-state index in [9.17, 15) is 4.79 Å². The predicted octanol–water partition coefficient (Wildman–Crippen LogP) is 2.04. The molecular weight excluding hydrogens is 226 g/mol. The minimum Gasteiger partial charge on any atom is -0.383 e. The van der Waals surface area contributed by atoms with Crippen LogP contribution in [0.15, 0.2) is 24.3 Å². The Hall–Kier alpha value is -1.06. The van der Waals surface area contributed by atoms with Crippen LogP contribution in [0.5, 0.6) is 0 Å². The van der Waals surface area contributed by atoms with Gasteiger partial charge in [-0.15, -0.1) is 0 Å². The molecule has 0 atom stereocenters. The van der Waals surface area contributed by atoms with Crippen LogP contribution in [0.2, 0.25) is 5.02 Å². The van der Waals surface area contributed by atoms with Crippen LogP contribution in [0, 0.1) is 0 Å². The molecule has 0 spiro atoms. The fourth-order valence-corrected chi connectivity index (χ4v) is 1.54. The van der Waals surface area contributed by atoms with Crippen LogP contribution in [0.25, 0.3) is 0 Å². The van der Waals surface area contributed by atoms with Crippen molar-refractivity contribution in [2.24, 2.45) is 0 Å². The zero-order valence-corrected chi connectivity index (χ0v) is 10.1. The molecule has 1 N–H and O–H groups in total. The lowest BCUT2D eigenvalue weighted by Gasteiger charge is -2.04. The zero-order chi connectivity index (χ0) is 11.8. The number of benzene rings is 1. The van der Waals surface area contributed by atoms with Gasteiger partial charge in [0, 0.05) is 25.1 Å². The topological polar surface area (TPSA) is 38.3 Å². The molecule has 0 unspecified atom stereocenters. The van der Waals surface area contributed by atoms with Crippen molar-refractivity contribution in [1.29, 1.82) is 0 Å². The van der Waals surface area contributed by atoms with Gasteiger partial charge in [-0.2, -0.15) is 0 Å². The van der Waals surface area contributed by atoms with Crippen molar-refractivity contribution >= 4 is 17.5 Å². The maximum Gasteiger partial charge on any atom is 0.220 e. The lowest BCUT2D eigenvalue weighted by atomic mass is 10.1. The summed E-state index contributed by atoms with van der Waals surface area (Å²) in [7, 11) is 1.61. The van der Waals surface area contributed by atoms with Crippen molar-refractivity contribution in [3.05, 3.63) is 34.9 Å². The van der Waals surface area contributed by atoms with Gasteiger partial charge >= 0.3 is 0 Å². The van der Waals surface area contributed by atoms with Crippen LogP contribution in [-0.2, 0) is 16.0 Å². The molecule has 4 heteroatoms. The Balaban J connectivity index is 2.26. The van der Waals surface area contributed by atoms with Crippen molar-refractivity contribution < 1.29 is 9.53 Å². The normalized spacial score (nSPS) is 10.1. The van der Waals surface area contributed by atoms with Crippen LogP contribution >= 0.6 is 11.6 Å². The molecule has 1 amide bonds. The maximum absolute atomic E-state index is 11.4. The summed E-state index contributed by atoms with van der Waals surface area (Å²) in [4.78, 5) is 11.4. The van der Waals surface area contributed by atoms with E-state index in [0.29, 0.717) is 31.0 Å². The number of aryl methyl sites for hydroxylation is 1. The largest absolute Gasteiger partial charge is 0.383 e. The minimum atomic E-state index is 0.0389. The number of halogens is 1. The van der Waals surface area contributed by atoms with Crippen molar-refractivity contribution in [3.63, 3.8) is 0 Å². The first-order chi connectivity index (χ1) is 7.72. The third-order valence-electron chi connectivity index (χ3n) is 2.16. The average Bonchev–Trinajstić information content (AvgIpc) is 2.27. The molecule has 0 heterocycles. The summed E-state index contributed by atoms with van der Waals surface area (Å²) >= 11 is 5.85. The molecule has 0 aliphatic rings. The third kappa shape index (κ3) is 5.14. The van der Waals surface area contributed by atoms with Crippen LogP contribution in [0.1, 0.15) is 12.0 Å². The fourth-order valence-electron chi connectivity index (χ4n) is 1.33. The Bertz CT molecular complexity index is 342. The first kappa shape index (κ1) is 13.0. The minimum absolute atomic E-state index is 0.0389. The Labute approximate surface area is 101 Å². The van der Waals surface area contributed by atoms with Gasteiger partial charge in [-0.25, -0.2) is 0 Å². The molecule has 1 aromatic rings. The van der Waals surface area contributed by atoms with Gasteiger partial charge < -0.3 is 10.1 Å². The highest BCUT2D eigenvalue weighted by molar-refractivity contribution is 6.30. The summed E-state index contributed by atoms with van der Waals surface area (Å²) in [6, 6.07) is 7.56. The number of hydrogen-bond donors (Lipinski definition) is 1. The Morgan fingerprint density at radius 3 is 3.00 bits per heavy atom. The molecule has 0 bridgehead atoms. The van der Waals surface area contributed by atoms with E-state index in [1.807, 2.05) is 24.3 Å². The number of methoxy groups -OCH3 is 1. The van der Waals surface area contributed by atoms with E-state index >= 15 is 0 Å². The van der Waals surface area contributed by atoms with E-state index in [1.165, 1.54) is 0 Å². The number of nitrogens with one attached hydrogen (secondary N) is 1. The molecule has 0 aromatic heterocycles. The first-order valence-electron chi connectivity index (χ1n) is 5.22. The molecule has 1 aromatic carbocycles.